The molecule has 2 aliphatic heterocycles. The summed E-state index contributed by atoms with van der Waals surface area (Å²) in [6, 6.07) is 8.25. The van der Waals surface area contributed by atoms with Gasteiger partial charge >= 0.3 is 17.9 Å². The number of esters is 3. The van der Waals surface area contributed by atoms with Gasteiger partial charge in [-0.25, -0.2) is 4.79 Å². The maximum absolute atomic E-state index is 12.7. The van der Waals surface area contributed by atoms with Gasteiger partial charge < -0.3 is 28.8 Å². The Hall–Kier alpha value is -2.75. The van der Waals surface area contributed by atoms with Crippen molar-refractivity contribution in [3.8, 4) is 0 Å². The largest absolute Gasteiger partial charge is 0.455 e. The van der Waals surface area contributed by atoms with E-state index in [9.17, 15) is 19.5 Å². The van der Waals surface area contributed by atoms with Crippen LogP contribution in [0.4, 0.5) is 0 Å². The van der Waals surface area contributed by atoms with E-state index in [1.54, 1.807) is 42.5 Å². The van der Waals surface area contributed by atoms with E-state index < -0.39 is 55.2 Å². The standard InChI is InChI=1S/C22H26O9/c1-27-22-20(31-21(26)14-9-5-4-6-10-14)19-18(15(13-23)28-22)29-16(24)11-7-2-3-8-12-17(25)30-19/h2-6,9-10,15,18-20,22-23H,7-8,11-13H2,1H3/t15-,18-,19+,20-,22+/m1/s1. The molecule has 0 amide bonds. The number of rotatable bonds is 4. The van der Waals surface area contributed by atoms with Crippen LogP contribution in [0.1, 0.15) is 36.0 Å². The first-order valence-electron chi connectivity index (χ1n) is 10.1. The Morgan fingerprint density at radius 3 is 2.23 bits per heavy atom. The molecular weight excluding hydrogens is 408 g/mol. The fourth-order valence-corrected chi connectivity index (χ4v) is 3.44. The molecule has 31 heavy (non-hydrogen) atoms. The van der Waals surface area contributed by atoms with Crippen molar-refractivity contribution in [3.63, 3.8) is 0 Å². The van der Waals surface area contributed by atoms with Crippen molar-refractivity contribution in [2.45, 2.75) is 56.4 Å². The van der Waals surface area contributed by atoms with Gasteiger partial charge in [0.05, 0.1) is 12.2 Å². The molecule has 0 radical (unpaired) electrons. The van der Waals surface area contributed by atoms with Crippen LogP contribution in [0, 0.1) is 0 Å². The molecule has 0 aromatic heterocycles. The van der Waals surface area contributed by atoms with Gasteiger partial charge in [-0.05, 0) is 25.0 Å². The average molecular weight is 434 g/mol. The second-order valence-electron chi connectivity index (χ2n) is 7.15. The minimum Gasteiger partial charge on any atom is -0.455 e. The number of aliphatic hydroxyl groups excluding tert-OH is 1. The number of allylic oxidation sites excluding steroid dienone is 2. The van der Waals surface area contributed by atoms with Gasteiger partial charge in [0.15, 0.2) is 24.6 Å². The van der Waals surface area contributed by atoms with Crippen LogP contribution in [0.5, 0.6) is 0 Å². The molecule has 1 aromatic rings. The second-order valence-corrected chi connectivity index (χ2v) is 7.15. The first kappa shape index (κ1) is 22.9. The fraction of sp³-hybridized carbons (Fsp3) is 0.500. The third-order valence-electron chi connectivity index (χ3n) is 4.99. The van der Waals surface area contributed by atoms with Crippen LogP contribution in [0.2, 0.25) is 0 Å². The Labute approximate surface area is 179 Å². The average Bonchev–Trinajstić information content (AvgIpc) is 2.78. The zero-order chi connectivity index (χ0) is 22.2. The van der Waals surface area contributed by atoms with Crippen LogP contribution in [0.15, 0.2) is 42.5 Å². The fourth-order valence-electron chi connectivity index (χ4n) is 3.44. The van der Waals surface area contributed by atoms with Crippen LogP contribution in [0.25, 0.3) is 0 Å². The van der Waals surface area contributed by atoms with Crippen LogP contribution in [-0.2, 0) is 33.3 Å². The number of methoxy groups -OCH3 is 1. The predicted octanol–water partition coefficient (Wildman–Crippen LogP) is 1.53. The molecule has 9 heteroatoms. The minimum absolute atomic E-state index is 0.0926. The first-order chi connectivity index (χ1) is 15.0. The number of carbonyl (C=O) groups excluding carboxylic acids is 3. The molecule has 3 rings (SSSR count). The van der Waals surface area contributed by atoms with Gasteiger partial charge in [0.2, 0.25) is 0 Å². The van der Waals surface area contributed by atoms with E-state index in [0.29, 0.717) is 12.8 Å². The summed E-state index contributed by atoms with van der Waals surface area (Å²) in [5.74, 6) is -1.80. The molecule has 168 valence electrons. The smallest absolute Gasteiger partial charge is 0.338 e. The van der Waals surface area contributed by atoms with Crippen molar-refractivity contribution in [2.75, 3.05) is 13.7 Å². The van der Waals surface area contributed by atoms with E-state index in [4.69, 9.17) is 23.7 Å². The number of fused-ring (bicyclic) bond motifs is 1. The summed E-state index contributed by atoms with van der Waals surface area (Å²) < 4.78 is 27.7. The molecule has 9 nitrogen and oxygen atoms in total. The lowest BCUT2D eigenvalue weighted by Crippen LogP contribution is -2.62. The molecule has 0 aliphatic carbocycles. The first-order valence-corrected chi connectivity index (χ1v) is 10.1. The number of hydrogen-bond donors (Lipinski definition) is 1. The van der Waals surface area contributed by atoms with Gasteiger partial charge in [-0.1, -0.05) is 30.4 Å². The van der Waals surface area contributed by atoms with Gasteiger partial charge in [0, 0.05) is 20.0 Å². The summed E-state index contributed by atoms with van der Waals surface area (Å²) in [4.78, 5) is 37.5. The second kappa shape index (κ2) is 11.0. The number of ether oxygens (including phenoxy) is 5. The van der Waals surface area contributed by atoms with E-state index in [1.807, 2.05) is 0 Å². The highest BCUT2D eigenvalue weighted by Gasteiger charge is 2.52. The topological polar surface area (TPSA) is 118 Å². The lowest BCUT2D eigenvalue weighted by atomic mass is 9.98. The van der Waals surface area contributed by atoms with E-state index in [2.05, 4.69) is 0 Å². The maximum Gasteiger partial charge on any atom is 0.338 e. The molecule has 1 N–H and O–H groups in total. The summed E-state index contributed by atoms with van der Waals surface area (Å²) in [5.41, 5.74) is 0.278. The molecule has 2 heterocycles. The van der Waals surface area contributed by atoms with Crippen LogP contribution < -0.4 is 0 Å². The van der Waals surface area contributed by atoms with E-state index in [0.717, 1.165) is 0 Å². The van der Waals surface area contributed by atoms with Gasteiger partial charge in [-0.15, -0.1) is 0 Å². The number of aliphatic hydroxyl groups is 1. The SMILES string of the molecule is CO[C@H]1O[C@H](CO)[C@H]2OC(=O)CCC=CCCC(=O)O[C@@H]2[C@H]1OC(=O)c1ccccc1. The van der Waals surface area contributed by atoms with Gasteiger partial charge in [0.1, 0.15) is 6.10 Å². The Morgan fingerprint density at radius 2 is 1.65 bits per heavy atom. The summed E-state index contributed by atoms with van der Waals surface area (Å²) in [6.45, 7) is -0.523. The zero-order valence-electron chi connectivity index (χ0n) is 17.2. The van der Waals surface area contributed by atoms with Gasteiger partial charge in [0.25, 0.3) is 0 Å². The maximum atomic E-state index is 12.7. The Morgan fingerprint density at radius 1 is 1.03 bits per heavy atom. The summed E-state index contributed by atoms with van der Waals surface area (Å²) in [6.07, 6.45) is -1.13. The zero-order valence-corrected chi connectivity index (χ0v) is 17.2. The van der Waals surface area contributed by atoms with Crippen LogP contribution in [-0.4, -0.2) is 67.4 Å². The van der Waals surface area contributed by atoms with E-state index >= 15 is 0 Å². The highest BCUT2D eigenvalue weighted by Crippen LogP contribution is 2.30. The van der Waals surface area contributed by atoms with Crippen molar-refractivity contribution in [3.05, 3.63) is 48.0 Å². The third-order valence-corrected chi connectivity index (χ3v) is 4.99. The van der Waals surface area contributed by atoms with Gasteiger partial charge in [-0.2, -0.15) is 0 Å². The molecule has 5 atom stereocenters. The van der Waals surface area contributed by atoms with Crippen LogP contribution in [0.3, 0.4) is 0 Å². The molecule has 0 bridgehead atoms. The van der Waals surface area contributed by atoms with Crippen molar-refractivity contribution in [1.82, 2.24) is 0 Å². The van der Waals surface area contributed by atoms with Crippen molar-refractivity contribution < 1.29 is 43.2 Å². The Bertz CT molecular complexity index is 791. The molecule has 1 aromatic carbocycles. The quantitative estimate of drug-likeness (QED) is 0.428. The minimum atomic E-state index is -1.22. The molecule has 1 fully saturated rings. The molecule has 2 aliphatic rings. The molecule has 0 saturated carbocycles. The molecule has 0 spiro atoms. The predicted molar refractivity (Wildman–Crippen MR) is 106 cm³/mol. The Balaban J connectivity index is 1.92. The normalized spacial score (nSPS) is 29.5. The summed E-state index contributed by atoms with van der Waals surface area (Å²) >= 11 is 0. The number of hydrogen-bond acceptors (Lipinski definition) is 9. The summed E-state index contributed by atoms with van der Waals surface area (Å²) in [7, 11) is 1.33. The van der Waals surface area contributed by atoms with Crippen molar-refractivity contribution in [1.29, 1.82) is 0 Å². The lowest BCUT2D eigenvalue weighted by Gasteiger charge is -2.43. The lowest BCUT2D eigenvalue weighted by molar-refractivity contribution is -0.298. The van der Waals surface area contributed by atoms with Crippen molar-refractivity contribution in [2.24, 2.45) is 0 Å². The number of benzene rings is 1. The summed E-state index contributed by atoms with van der Waals surface area (Å²) in [5, 5.41) is 9.80. The highest BCUT2D eigenvalue weighted by atomic mass is 16.7. The van der Waals surface area contributed by atoms with E-state index in [-0.39, 0.29) is 18.4 Å². The number of carbonyl (C=O) groups is 3. The molecule has 0 unspecified atom stereocenters. The van der Waals surface area contributed by atoms with Gasteiger partial charge in [-0.3, -0.25) is 9.59 Å². The monoisotopic (exact) mass is 434 g/mol. The van der Waals surface area contributed by atoms with Crippen molar-refractivity contribution >= 4 is 17.9 Å². The highest BCUT2D eigenvalue weighted by molar-refractivity contribution is 5.89. The van der Waals surface area contributed by atoms with Crippen LogP contribution >= 0.6 is 0 Å². The molecular formula is C22H26O9. The van der Waals surface area contributed by atoms with E-state index in [1.165, 1.54) is 7.11 Å². The molecule has 1 saturated heterocycles. The third kappa shape index (κ3) is 5.90. The Kier molecular flexibility index (Phi) is 8.16.